The van der Waals surface area contributed by atoms with Crippen LogP contribution in [-0.4, -0.2) is 34.7 Å². The maximum atomic E-state index is 12.3. The molecule has 0 aromatic heterocycles. The van der Waals surface area contributed by atoms with E-state index in [0.29, 0.717) is 31.2 Å². The van der Waals surface area contributed by atoms with E-state index in [1.165, 1.54) is 0 Å². The van der Waals surface area contributed by atoms with Gasteiger partial charge in [0.25, 0.3) is 0 Å². The number of aliphatic carboxylic acids is 1. The monoisotopic (exact) mass is 297 g/mol. The molecule has 3 unspecified atom stereocenters. The predicted molar refractivity (Wildman–Crippen MR) is 78.6 cm³/mol. The van der Waals surface area contributed by atoms with Gasteiger partial charge >= 0.3 is 5.97 Å². The minimum atomic E-state index is -0.848. The number of aliphatic hydroxyl groups is 1. The average Bonchev–Trinajstić information content (AvgIpc) is 2.89. The molecule has 0 saturated heterocycles. The number of carbonyl (C=O) groups excluding carboxylic acids is 1. The molecule has 2 fully saturated rings. The third-order valence-electron chi connectivity index (χ3n) is 5.21. The van der Waals surface area contributed by atoms with Crippen LogP contribution in [0.3, 0.4) is 0 Å². The molecule has 2 aliphatic rings. The second-order valence-corrected chi connectivity index (χ2v) is 6.73. The number of carboxylic acid groups (broad SMARTS) is 1. The second kappa shape index (κ2) is 7.25. The minimum absolute atomic E-state index is 0.113. The topological polar surface area (TPSA) is 86.6 Å². The van der Waals surface area contributed by atoms with Gasteiger partial charge in [0.1, 0.15) is 0 Å². The van der Waals surface area contributed by atoms with Crippen LogP contribution in [0.25, 0.3) is 0 Å². The summed E-state index contributed by atoms with van der Waals surface area (Å²) in [7, 11) is 0. The molecule has 0 heterocycles. The van der Waals surface area contributed by atoms with Gasteiger partial charge in [-0.1, -0.05) is 19.8 Å². The third kappa shape index (κ3) is 4.19. The largest absolute Gasteiger partial charge is 0.481 e. The molecule has 2 aliphatic carbocycles. The molecule has 0 bridgehead atoms. The highest BCUT2D eigenvalue weighted by molar-refractivity contribution is 5.85. The first-order valence-electron chi connectivity index (χ1n) is 8.19. The summed E-state index contributed by atoms with van der Waals surface area (Å²) in [6.45, 7) is 2.61. The van der Waals surface area contributed by atoms with Crippen molar-refractivity contribution >= 4 is 11.9 Å². The Morgan fingerprint density at radius 1 is 1.10 bits per heavy atom. The Kier molecular flexibility index (Phi) is 5.62. The van der Waals surface area contributed by atoms with Gasteiger partial charge in [-0.05, 0) is 43.9 Å². The number of hydrogen-bond acceptors (Lipinski definition) is 3. The van der Waals surface area contributed by atoms with Crippen LogP contribution >= 0.6 is 0 Å². The van der Waals surface area contributed by atoms with E-state index in [-0.39, 0.29) is 17.9 Å². The fraction of sp³-hybridized carbons (Fsp3) is 0.875. The molecule has 5 atom stereocenters. The van der Waals surface area contributed by atoms with Crippen molar-refractivity contribution in [3.05, 3.63) is 0 Å². The van der Waals surface area contributed by atoms with Crippen molar-refractivity contribution in [2.75, 3.05) is 6.54 Å². The van der Waals surface area contributed by atoms with E-state index in [2.05, 4.69) is 5.32 Å². The van der Waals surface area contributed by atoms with Crippen LogP contribution in [0.4, 0.5) is 0 Å². The summed E-state index contributed by atoms with van der Waals surface area (Å²) >= 11 is 0. The third-order valence-corrected chi connectivity index (χ3v) is 5.21. The van der Waals surface area contributed by atoms with E-state index >= 15 is 0 Å². The Hall–Kier alpha value is -1.10. The molecule has 0 aliphatic heterocycles. The molecular formula is C16H27NO4. The molecular weight excluding hydrogens is 270 g/mol. The van der Waals surface area contributed by atoms with Crippen LogP contribution in [0.1, 0.15) is 51.9 Å². The van der Waals surface area contributed by atoms with Gasteiger partial charge in [-0.3, -0.25) is 9.59 Å². The van der Waals surface area contributed by atoms with Gasteiger partial charge in [0.15, 0.2) is 0 Å². The van der Waals surface area contributed by atoms with Gasteiger partial charge < -0.3 is 15.5 Å². The van der Waals surface area contributed by atoms with Crippen LogP contribution < -0.4 is 5.32 Å². The lowest BCUT2D eigenvalue weighted by atomic mass is 9.87. The summed E-state index contributed by atoms with van der Waals surface area (Å²) in [6.07, 6.45) is 5.62. The Morgan fingerprint density at radius 3 is 2.43 bits per heavy atom. The highest BCUT2D eigenvalue weighted by Crippen LogP contribution is 2.38. The van der Waals surface area contributed by atoms with E-state index in [9.17, 15) is 19.8 Å². The average molecular weight is 297 g/mol. The van der Waals surface area contributed by atoms with Crippen molar-refractivity contribution < 1.29 is 19.8 Å². The molecule has 2 saturated carbocycles. The second-order valence-electron chi connectivity index (χ2n) is 6.73. The van der Waals surface area contributed by atoms with Gasteiger partial charge in [0.2, 0.25) is 5.91 Å². The van der Waals surface area contributed by atoms with Gasteiger partial charge in [-0.2, -0.15) is 0 Å². The van der Waals surface area contributed by atoms with E-state index < -0.39 is 11.9 Å². The maximum Gasteiger partial charge on any atom is 0.307 e. The van der Waals surface area contributed by atoms with Gasteiger partial charge in [0.05, 0.1) is 17.9 Å². The first-order chi connectivity index (χ1) is 10.0. The van der Waals surface area contributed by atoms with Crippen molar-refractivity contribution in [1.82, 2.24) is 5.32 Å². The van der Waals surface area contributed by atoms with Gasteiger partial charge in [-0.25, -0.2) is 0 Å². The van der Waals surface area contributed by atoms with Crippen LogP contribution in [0.5, 0.6) is 0 Å². The molecule has 5 nitrogen and oxygen atoms in total. The highest BCUT2D eigenvalue weighted by Gasteiger charge is 2.42. The Balaban J connectivity index is 1.85. The summed E-state index contributed by atoms with van der Waals surface area (Å²) < 4.78 is 0. The van der Waals surface area contributed by atoms with E-state index in [1.807, 2.05) is 6.92 Å². The van der Waals surface area contributed by atoms with Gasteiger partial charge in [-0.15, -0.1) is 0 Å². The quantitative estimate of drug-likeness (QED) is 0.722. The number of hydrogen-bond donors (Lipinski definition) is 3. The van der Waals surface area contributed by atoms with Crippen molar-refractivity contribution in [1.29, 1.82) is 0 Å². The molecule has 3 N–H and O–H groups in total. The molecule has 120 valence electrons. The number of aliphatic hydroxyl groups excluding tert-OH is 1. The molecule has 1 amide bonds. The summed E-state index contributed by atoms with van der Waals surface area (Å²) in [6, 6.07) is 0. The zero-order valence-corrected chi connectivity index (χ0v) is 12.8. The summed E-state index contributed by atoms with van der Waals surface area (Å²) in [4.78, 5) is 23.6. The number of rotatable bonds is 5. The lowest BCUT2D eigenvalue weighted by Crippen LogP contribution is -2.39. The van der Waals surface area contributed by atoms with Gasteiger partial charge in [0, 0.05) is 6.54 Å². The zero-order chi connectivity index (χ0) is 15.4. The lowest BCUT2D eigenvalue weighted by molar-refractivity contribution is -0.146. The molecule has 2 rings (SSSR count). The Morgan fingerprint density at radius 2 is 1.81 bits per heavy atom. The fourth-order valence-electron chi connectivity index (χ4n) is 3.86. The lowest BCUT2D eigenvalue weighted by Gasteiger charge is -2.26. The highest BCUT2D eigenvalue weighted by atomic mass is 16.4. The summed E-state index contributed by atoms with van der Waals surface area (Å²) in [5, 5.41) is 21.9. The van der Waals surface area contributed by atoms with Crippen molar-refractivity contribution in [3.8, 4) is 0 Å². The molecule has 0 aromatic carbocycles. The Labute approximate surface area is 126 Å². The van der Waals surface area contributed by atoms with E-state index in [0.717, 1.165) is 32.1 Å². The smallest absolute Gasteiger partial charge is 0.307 e. The van der Waals surface area contributed by atoms with Crippen molar-refractivity contribution in [3.63, 3.8) is 0 Å². The zero-order valence-electron chi connectivity index (χ0n) is 12.8. The number of amides is 1. The summed E-state index contributed by atoms with van der Waals surface area (Å²) in [5.74, 6) is -1.21. The summed E-state index contributed by atoms with van der Waals surface area (Å²) in [5.41, 5.74) is 0. The number of carbonyl (C=O) groups is 2. The fourth-order valence-corrected chi connectivity index (χ4v) is 3.86. The first kappa shape index (κ1) is 16.3. The van der Waals surface area contributed by atoms with Crippen molar-refractivity contribution in [2.24, 2.45) is 23.7 Å². The van der Waals surface area contributed by atoms with E-state index in [4.69, 9.17) is 0 Å². The van der Waals surface area contributed by atoms with Crippen LogP contribution in [0, 0.1) is 23.7 Å². The first-order valence-corrected chi connectivity index (χ1v) is 8.19. The predicted octanol–water partition coefficient (Wildman–Crippen LogP) is 1.79. The Bertz CT molecular complexity index is 384. The van der Waals surface area contributed by atoms with E-state index in [1.54, 1.807) is 0 Å². The van der Waals surface area contributed by atoms with Crippen LogP contribution in [0.2, 0.25) is 0 Å². The SMILES string of the molecule is CCC1C[C@H](C(=O)NCC2CCCC(O)C2)[C@H](C(=O)O)C1. The number of carboxylic acids is 1. The number of nitrogens with one attached hydrogen (secondary N) is 1. The molecule has 0 aromatic rings. The molecule has 0 spiro atoms. The molecule has 0 radical (unpaired) electrons. The van der Waals surface area contributed by atoms with Crippen molar-refractivity contribution in [2.45, 2.75) is 58.0 Å². The molecule has 21 heavy (non-hydrogen) atoms. The standard InChI is InChI=1S/C16H27NO4/c1-2-10-7-13(14(8-10)16(20)21)15(19)17-9-11-4-3-5-12(18)6-11/h10-14,18H,2-9H2,1H3,(H,17,19)(H,20,21)/t10?,11?,12?,13-,14+/m0/s1. The minimum Gasteiger partial charge on any atom is -0.481 e. The van der Waals surface area contributed by atoms with Crippen LogP contribution in [-0.2, 0) is 9.59 Å². The molecule has 5 heteroatoms. The normalized spacial score (nSPS) is 36.4. The maximum absolute atomic E-state index is 12.3. The van der Waals surface area contributed by atoms with Crippen LogP contribution in [0.15, 0.2) is 0 Å².